The van der Waals surface area contributed by atoms with Crippen molar-refractivity contribution >= 4 is 5.69 Å². The lowest BCUT2D eigenvalue weighted by Gasteiger charge is -2.49. The maximum absolute atomic E-state index is 6.12. The smallest absolute Gasteiger partial charge is 0.0815 e. The Morgan fingerprint density at radius 2 is 2.06 bits per heavy atom. The van der Waals surface area contributed by atoms with Crippen LogP contribution in [0.3, 0.4) is 0 Å². The van der Waals surface area contributed by atoms with Crippen molar-refractivity contribution in [2.45, 2.75) is 37.3 Å². The van der Waals surface area contributed by atoms with Crippen LogP contribution in [0.25, 0.3) is 0 Å². The molecule has 18 heavy (non-hydrogen) atoms. The molecule has 2 rings (SSSR count). The summed E-state index contributed by atoms with van der Waals surface area (Å²) < 4.78 is 5.72. The minimum atomic E-state index is -0.0612. The lowest BCUT2D eigenvalue weighted by Crippen LogP contribution is -2.62. The van der Waals surface area contributed by atoms with E-state index in [2.05, 4.69) is 36.2 Å². The average molecular weight is 248 g/mol. The Morgan fingerprint density at radius 3 is 2.67 bits per heavy atom. The summed E-state index contributed by atoms with van der Waals surface area (Å²) in [5, 5.41) is 0. The third-order valence-corrected chi connectivity index (χ3v) is 4.37. The van der Waals surface area contributed by atoms with Crippen molar-refractivity contribution < 1.29 is 4.74 Å². The number of ether oxygens (including phenoxy) is 1. The van der Waals surface area contributed by atoms with E-state index in [1.165, 1.54) is 18.5 Å². The first-order chi connectivity index (χ1) is 8.74. The third kappa shape index (κ3) is 2.25. The normalized spacial score (nSPS) is 28.1. The molecule has 2 N–H and O–H groups in total. The Kier molecular flexibility index (Phi) is 4.25. The van der Waals surface area contributed by atoms with Crippen molar-refractivity contribution in [3.63, 3.8) is 0 Å². The molecule has 100 valence electrons. The van der Waals surface area contributed by atoms with Gasteiger partial charge in [-0.2, -0.15) is 0 Å². The van der Waals surface area contributed by atoms with E-state index in [0.717, 1.165) is 12.8 Å². The van der Waals surface area contributed by atoms with Gasteiger partial charge >= 0.3 is 0 Å². The van der Waals surface area contributed by atoms with E-state index in [-0.39, 0.29) is 11.6 Å². The first-order valence-electron chi connectivity index (χ1n) is 6.76. The zero-order valence-electron chi connectivity index (χ0n) is 11.4. The van der Waals surface area contributed by atoms with Gasteiger partial charge in [-0.05, 0) is 25.0 Å². The van der Waals surface area contributed by atoms with Crippen molar-refractivity contribution in [1.82, 2.24) is 0 Å². The number of methoxy groups -OCH3 is 1. The highest BCUT2D eigenvalue weighted by atomic mass is 16.5. The first-order valence-corrected chi connectivity index (χ1v) is 6.76. The van der Waals surface area contributed by atoms with Crippen molar-refractivity contribution in [1.29, 1.82) is 0 Å². The molecule has 1 fully saturated rings. The van der Waals surface area contributed by atoms with Gasteiger partial charge in [0, 0.05) is 26.4 Å². The predicted octanol–water partition coefficient (Wildman–Crippen LogP) is 2.41. The molecular formula is C15H24N2O. The summed E-state index contributed by atoms with van der Waals surface area (Å²) in [5.41, 5.74) is 7.27. The van der Waals surface area contributed by atoms with Crippen LogP contribution in [0.4, 0.5) is 5.69 Å². The zero-order valence-corrected chi connectivity index (χ0v) is 11.4. The van der Waals surface area contributed by atoms with Crippen LogP contribution >= 0.6 is 0 Å². The molecule has 0 radical (unpaired) electrons. The van der Waals surface area contributed by atoms with Crippen LogP contribution in [0.2, 0.25) is 0 Å². The van der Waals surface area contributed by atoms with Crippen LogP contribution in [-0.4, -0.2) is 32.3 Å². The number of hydrogen-bond donors (Lipinski definition) is 1. The van der Waals surface area contributed by atoms with E-state index >= 15 is 0 Å². The SMILES string of the molecule is COC1CCCCC1(CN)N(C)c1ccccc1. The summed E-state index contributed by atoms with van der Waals surface area (Å²) in [5.74, 6) is 0. The van der Waals surface area contributed by atoms with Crippen LogP contribution in [0.5, 0.6) is 0 Å². The van der Waals surface area contributed by atoms with Gasteiger partial charge in [0.05, 0.1) is 11.6 Å². The molecule has 1 aromatic carbocycles. The number of anilines is 1. The average Bonchev–Trinajstić information content (AvgIpc) is 2.47. The molecule has 0 saturated heterocycles. The molecular weight excluding hydrogens is 224 g/mol. The van der Waals surface area contributed by atoms with Crippen LogP contribution in [0.15, 0.2) is 30.3 Å². The molecule has 1 aliphatic rings. The fourth-order valence-electron chi connectivity index (χ4n) is 3.19. The number of nitrogens with zero attached hydrogens (tertiary/aromatic N) is 1. The van der Waals surface area contributed by atoms with E-state index in [0.29, 0.717) is 6.54 Å². The molecule has 0 spiro atoms. The highest BCUT2D eigenvalue weighted by Crippen LogP contribution is 2.36. The number of benzene rings is 1. The van der Waals surface area contributed by atoms with Crippen LogP contribution in [0.1, 0.15) is 25.7 Å². The molecule has 0 amide bonds. The predicted molar refractivity (Wildman–Crippen MR) is 75.9 cm³/mol. The van der Waals surface area contributed by atoms with Gasteiger partial charge < -0.3 is 15.4 Å². The number of nitrogens with two attached hydrogens (primary N) is 1. The second-order valence-electron chi connectivity index (χ2n) is 5.17. The largest absolute Gasteiger partial charge is 0.379 e. The molecule has 2 atom stereocenters. The first kappa shape index (κ1) is 13.4. The van der Waals surface area contributed by atoms with Gasteiger partial charge in [0.2, 0.25) is 0 Å². The second-order valence-corrected chi connectivity index (χ2v) is 5.17. The lowest BCUT2D eigenvalue weighted by molar-refractivity contribution is 0.00770. The Labute approximate surface area is 110 Å². The quantitative estimate of drug-likeness (QED) is 0.889. The van der Waals surface area contributed by atoms with E-state index in [1.807, 2.05) is 6.07 Å². The summed E-state index contributed by atoms with van der Waals surface area (Å²) in [6.45, 7) is 0.636. The molecule has 0 aliphatic heterocycles. The van der Waals surface area contributed by atoms with Gasteiger partial charge in [-0.15, -0.1) is 0 Å². The van der Waals surface area contributed by atoms with E-state index in [1.54, 1.807) is 7.11 Å². The van der Waals surface area contributed by atoms with E-state index in [9.17, 15) is 0 Å². The summed E-state index contributed by atoms with van der Waals surface area (Å²) >= 11 is 0. The summed E-state index contributed by atoms with van der Waals surface area (Å²) in [6.07, 6.45) is 4.90. The monoisotopic (exact) mass is 248 g/mol. The summed E-state index contributed by atoms with van der Waals surface area (Å²) in [6, 6.07) is 10.5. The number of para-hydroxylation sites is 1. The molecule has 0 aromatic heterocycles. The van der Waals surface area contributed by atoms with Crippen molar-refractivity contribution in [2.24, 2.45) is 5.73 Å². The standard InChI is InChI=1S/C15H24N2O/c1-17(13-8-4-3-5-9-13)15(12-16)11-7-6-10-14(15)18-2/h3-5,8-9,14H,6-7,10-12,16H2,1-2H3. The van der Waals surface area contributed by atoms with Crippen LogP contribution in [0, 0.1) is 0 Å². The molecule has 1 aromatic rings. The summed E-state index contributed by atoms with van der Waals surface area (Å²) in [7, 11) is 3.94. The topological polar surface area (TPSA) is 38.5 Å². The second kappa shape index (κ2) is 5.72. The van der Waals surface area contributed by atoms with Crippen molar-refractivity contribution in [3.05, 3.63) is 30.3 Å². The Morgan fingerprint density at radius 1 is 1.33 bits per heavy atom. The zero-order chi connectivity index (χ0) is 13.0. The Bertz CT molecular complexity index is 368. The maximum atomic E-state index is 6.12. The molecule has 2 unspecified atom stereocenters. The van der Waals surface area contributed by atoms with E-state index in [4.69, 9.17) is 10.5 Å². The highest BCUT2D eigenvalue weighted by molar-refractivity contribution is 5.49. The Balaban J connectivity index is 2.30. The molecule has 0 bridgehead atoms. The van der Waals surface area contributed by atoms with Crippen LogP contribution < -0.4 is 10.6 Å². The fourth-order valence-corrected chi connectivity index (χ4v) is 3.19. The summed E-state index contributed by atoms with van der Waals surface area (Å²) in [4.78, 5) is 2.32. The molecule has 1 aliphatic carbocycles. The van der Waals surface area contributed by atoms with E-state index < -0.39 is 0 Å². The molecule has 1 saturated carbocycles. The van der Waals surface area contributed by atoms with Gasteiger partial charge in [-0.25, -0.2) is 0 Å². The maximum Gasteiger partial charge on any atom is 0.0815 e. The van der Waals surface area contributed by atoms with Crippen LogP contribution in [-0.2, 0) is 4.74 Å². The molecule has 0 heterocycles. The Hall–Kier alpha value is -1.06. The van der Waals surface area contributed by atoms with Crippen molar-refractivity contribution in [2.75, 3.05) is 25.6 Å². The minimum absolute atomic E-state index is 0.0612. The van der Waals surface area contributed by atoms with Gasteiger partial charge in [0.25, 0.3) is 0 Å². The minimum Gasteiger partial charge on any atom is -0.379 e. The van der Waals surface area contributed by atoms with Gasteiger partial charge in [-0.1, -0.05) is 31.0 Å². The number of likely N-dealkylation sites (N-methyl/N-ethyl adjacent to an activating group) is 1. The third-order valence-electron chi connectivity index (χ3n) is 4.37. The number of rotatable bonds is 4. The van der Waals surface area contributed by atoms with Gasteiger partial charge in [0.1, 0.15) is 0 Å². The number of hydrogen-bond acceptors (Lipinski definition) is 3. The van der Waals surface area contributed by atoms with Crippen molar-refractivity contribution in [3.8, 4) is 0 Å². The van der Waals surface area contributed by atoms with Gasteiger partial charge in [-0.3, -0.25) is 0 Å². The highest BCUT2D eigenvalue weighted by Gasteiger charge is 2.43. The van der Waals surface area contributed by atoms with Gasteiger partial charge in [0.15, 0.2) is 0 Å². The fraction of sp³-hybridized carbons (Fsp3) is 0.600. The molecule has 3 nitrogen and oxygen atoms in total. The molecule has 3 heteroatoms. The lowest BCUT2D eigenvalue weighted by atomic mass is 9.77.